The van der Waals surface area contributed by atoms with Crippen LogP contribution in [-0.4, -0.2) is 11.9 Å². The maximum atomic E-state index is 11.7. The number of anilines is 1. The first-order chi connectivity index (χ1) is 7.29. The lowest BCUT2D eigenvalue weighted by Gasteiger charge is -2.26. The van der Waals surface area contributed by atoms with E-state index in [0.29, 0.717) is 11.6 Å². The van der Waals surface area contributed by atoms with Gasteiger partial charge in [0.1, 0.15) is 0 Å². The molecule has 1 amide bonds. The van der Waals surface area contributed by atoms with Gasteiger partial charge in [0.25, 0.3) is 5.91 Å². The zero-order valence-electron chi connectivity index (χ0n) is 8.49. The third-order valence-corrected chi connectivity index (χ3v) is 2.73. The Hall–Kier alpha value is -1.55. The van der Waals surface area contributed by atoms with Gasteiger partial charge in [-0.05, 0) is 37.5 Å². The maximum absolute atomic E-state index is 11.7. The van der Waals surface area contributed by atoms with Crippen LogP contribution >= 0.6 is 0 Å². The van der Waals surface area contributed by atoms with Crippen molar-refractivity contribution in [2.75, 3.05) is 5.43 Å². The number of nitrogens with two attached hydrogens (primary N) is 1. The van der Waals surface area contributed by atoms with Gasteiger partial charge in [-0.3, -0.25) is 10.6 Å². The van der Waals surface area contributed by atoms with Gasteiger partial charge >= 0.3 is 0 Å². The fourth-order valence-electron chi connectivity index (χ4n) is 1.57. The van der Waals surface area contributed by atoms with Crippen molar-refractivity contribution in [3.8, 4) is 0 Å². The van der Waals surface area contributed by atoms with Gasteiger partial charge < -0.3 is 10.7 Å². The molecular formula is C11H15N3O. The van der Waals surface area contributed by atoms with Crippen LogP contribution in [0.1, 0.15) is 29.6 Å². The van der Waals surface area contributed by atoms with Gasteiger partial charge in [0.05, 0.1) is 0 Å². The normalized spacial score (nSPS) is 15.5. The lowest BCUT2D eigenvalue weighted by molar-refractivity contribution is 0.0917. The Balaban J connectivity index is 2.03. The predicted molar refractivity (Wildman–Crippen MR) is 59.4 cm³/mol. The highest BCUT2D eigenvalue weighted by Crippen LogP contribution is 2.19. The van der Waals surface area contributed by atoms with E-state index in [1.54, 1.807) is 12.1 Å². The summed E-state index contributed by atoms with van der Waals surface area (Å²) in [5.41, 5.74) is 3.92. The molecule has 1 saturated carbocycles. The molecule has 0 saturated heterocycles. The summed E-state index contributed by atoms with van der Waals surface area (Å²) in [5.74, 6) is 5.26. The van der Waals surface area contributed by atoms with E-state index in [2.05, 4.69) is 10.7 Å². The molecule has 80 valence electrons. The number of hydrogen-bond donors (Lipinski definition) is 3. The minimum atomic E-state index is -0.0169. The molecule has 15 heavy (non-hydrogen) atoms. The Labute approximate surface area is 88.8 Å². The molecule has 1 aliphatic carbocycles. The van der Waals surface area contributed by atoms with E-state index in [-0.39, 0.29) is 5.91 Å². The lowest BCUT2D eigenvalue weighted by atomic mass is 9.93. The van der Waals surface area contributed by atoms with Crippen molar-refractivity contribution >= 4 is 11.6 Å². The van der Waals surface area contributed by atoms with E-state index < -0.39 is 0 Å². The molecule has 2 rings (SSSR count). The molecule has 0 atom stereocenters. The zero-order chi connectivity index (χ0) is 10.7. The van der Waals surface area contributed by atoms with Gasteiger partial charge in [-0.15, -0.1) is 0 Å². The number of nitrogen functional groups attached to an aromatic ring is 1. The number of carbonyl (C=O) groups excluding carboxylic acids is 1. The minimum Gasteiger partial charge on any atom is -0.349 e. The summed E-state index contributed by atoms with van der Waals surface area (Å²) in [7, 11) is 0. The van der Waals surface area contributed by atoms with Crippen LogP contribution in [0.2, 0.25) is 0 Å². The Morgan fingerprint density at radius 2 is 2.20 bits per heavy atom. The van der Waals surface area contributed by atoms with E-state index >= 15 is 0 Å². The second kappa shape index (κ2) is 4.31. The Bertz CT molecular complexity index is 361. The van der Waals surface area contributed by atoms with Crippen LogP contribution in [0.3, 0.4) is 0 Å². The summed E-state index contributed by atoms with van der Waals surface area (Å²) in [4.78, 5) is 11.7. The molecule has 0 spiro atoms. The largest absolute Gasteiger partial charge is 0.349 e. The Morgan fingerprint density at radius 3 is 2.80 bits per heavy atom. The number of nitrogens with one attached hydrogen (secondary N) is 2. The highest BCUT2D eigenvalue weighted by Gasteiger charge is 2.19. The van der Waals surface area contributed by atoms with E-state index in [4.69, 9.17) is 5.84 Å². The molecule has 1 aromatic carbocycles. The van der Waals surface area contributed by atoms with Gasteiger partial charge in [-0.2, -0.15) is 0 Å². The van der Waals surface area contributed by atoms with Crippen LogP contribution in [0, 0.1) is 0 Å². The third kappa shape index (κ3) is 2.27. The lowest BCUT2D eigenvalue weighted by Crippen LogP contribution is -2.39. The highest BCUT2D eigenvalue weighted by atomic mass is 16.1. The van der Waals surface area contributed by atoms with E-state index in [0.717, 1.165) is 18.5 Å². The SMILES string of the molecule is NNc1cccc(C(=O)NC2CCC2)c1. The van der Waals surface area contributed by atoms with Crippen molar-refractivity contribution in [3.63, 3.8) is 0 Å². The molecule has 0 radical (unpaired) electrons. The zero-order valence-corrected chi connectivity index (χ0v) is 8.49. The molecule has 0 unspecified atom stereocenters. The van der Waals surface area contributed by atoms with Gasteiger partial charge in [0, 0.05) is 17.3 Å². The van der Waals surface area contributed by atoms with E-state index in [9.17, 15) is 4.79 Å². The predicted octanol–water partition coefficient (Wildman–Crippen LogP) is 1.25. The highest BCUT2D eigenvalue weighted by molar-refractivity contribution is 5.95. The second-order valence-electron chi connectivity index (χ2n) is 3.83. The summed E-state index contributed by atoms with van der Waals surface area (Å²) in [6, 6.07) is 7.53. The first kappa shape index (κ1) is 9.98. The molecule has 4 heteroatoms. The van der Waals surface area contributed by atoms with Gasteiger partial charge in [-0.1, -0.05) is 6.07 Å². The molecule has 0 bridgehead atoms. The summed E-state index contributed by atoms with van der Waals surface area (Å²) >= 11 is 0. The average Bonchev–Trinajstić information content (AvgIpc) is 2.23. The van der Waals surface area contributed by atoms with Crippen molar-refractivity contribution in [1.29, 1.82) is 0 Å². The number of benzene rings is 1. The van der Waals surface area contributed by atoms with Crippen LogP contribution in [0.4, 0.5) is 5.69 Å². The number of amides is 1. The summed E-state index contributed by atoms with van der Waals surface area (Å²) < 4.78 is 0. The molecule has 4 nitrogen and oxygen atoms in total. The molecule has 0 heterocycles. The van der Waals surface area contributed by atoms with Crippen molar-refractivity contribution < 1.29 is 4.79 Å². The topological polar surface area (TPSA) is 67.1 Å². The Kier molecular flexibility index (Phi) is 2.87. The molecule has 0 aromatic heterocycles. The monoisotopic (exact) mass is 205 g/mol. The van der Waals surface area contributed by atoms with Crippen molar-refractivity contribution in [3.05, 3.63) is 29.8 Å². The molecule has 0 aliphatic heterocycles. The van der Waals surface area contributed by atoms with Crippen LogP contribution < -0.4 is 16.6 Å². The van der Waals surface area contributed by atoms with Crippen molar-refractivity contribution in [2.24, 2.45) is 5.84 Å². The molecule has 1 fully saturated rings. The quantitative estimate of drug-likeness (QED) is 0.514. The number of rotatable bonds is 3. The van der Waals surface area contributed by atoms with Gasteiger partial charge in [-0.25, -0.2) is 0 Å². The summed E-state index contributed by atoms with van der Waals surface area (Å²) in [6.45, 7) is 0. The number of hydrazine groups is 1. The summed E-state index contributed by atoms with van der Waals surface area (Å²) in [6.07, 6.45) is 3.41. The average molecular weight is 205 g/mol. The Morgan fingerprint density at radius 1 is 1.40 bits per heavy atom. The van der Waals surface area contributed by atoms with E-state index in [1.165, 1.54) is 6.42 Å². The van der Waals surface area contributed by atoms with E-state index in [1.807, 2.05) is 12.1 Å². The minimum absolute atomic E-state index is 0.0169. The molecule has 1 aliphatic rings. The molecular weight excluding hydrogens is 190 g/mol. The van der Waals surface area contributed by atoms with Crippen molar-refractivity contribution in [2.45, 2.75) is 25.3 Å². The van der Waals surface area contributed by atoms with Crippen LogP contribution in [0.25, 0.3) is 0 Å². The third-order valence-electron chi connectivity index (χ3n) is 2.73. The second-order valence-corrected chi connectivity index (χ2v) is 3.83. The first-order valence-electron chi connectivity index (χ1n) is 5.17. The number of carbonyl (C=O) groups is 1. The van der Waals surface area contributed by atoms with Crippen LogP contribution in [0.5, 0.6) is 0 Å². The van der Waals surface area contributed by atoms with Crippen LogP contribution in [-0.2, 0) is 0 Å². The van der Waals surface area contributed by atoms with Crippen molar-refractivity contribution in [1.82, 2.24) is 5.32 Å². The fraction of sp³-hybridized carbons (Fsp3) is 0.364. The maximum Gasteiger partial charge on any atom is 0.251 e. The van der Waals surface area contributed by atoms with Crippen LogP contribution in [0.15, 0.2) is 24.3 Å². The van der Waals surface area contributed by atoms with Gasteiger partial charge in [0.15, 0.2) is 0 Å². The standard InChI is InChI=1S/C11H15N3O/c12-14-10-6-1-3-8(7-10)11(15)13-9-4-2-5-9/h1,3,6-7,9,14H,2,4-5,12H2,(H,13,15). The van der Waals surface area contributed by atoms with Gasteiger partial charge in [0.2, 0.25) is 0 Å². The number of hydrogen-bond acceptors (Lipinski definition) is 3. The molecule has 4 N–H and O–H groups in total. The fourth-order valence-corrected chi connectivity index (χ4v) is 1.57. The molecule has 1 aromatic rings. The smallest absolute Gasteiger partial charge is 0.251 e. The summed E-state index contributed by atoms with van der Waals surface area (Å²) in [5, 5.41) is 2.98. The first-order valence-corrected chi connectivity index (χ1v) is 5.17.